The number of carbonyl (C=O) groups is 2. The van der Waals surface area contributed by atoms with Crippen molar-refractivity contribution in [2.45, 2.75) is 13.8 Å². The summed E-state index contributed by atoms with van der Waals surface area (Å²) in [6.07, 6.45) is 1.62. The molecule has 0 atom stereocenters. The van der Waals surface area contributed by atoms with E-state index in [0.29, 0.717) is 22.8 Å². The van der Waals surface area contributed by atoms with E-state index >= 15 is 0 Å². The Balaban J connectivity index is 1.51. The maximum atomic E-state index is 13.1. The molecule has 0 bridgehead atoms. The molecule has 2 amide bonds. The number of hydrogen-bond donors (Lipinski definition) is 2. The number of nitrogens with one attached hydrogen (secondary N) is 2. The lowest BCUT2D eigenvalue weighted by Gasteiger charge is -2.10. The highest BCUT2D eigenvalue weighted by Crippen LogP contribution is 2.31. The standard InChI is InChI=1S/C27H26N4O4/c1-18-13-14-21(15-19(18)2)35-17-25(32)28-29-27(33)23-16-31(20-9-5-4-6-10-20)30-26(23)22-11-7-8-12-24(22)34-3/h4-16H,17H2,1-3H3,(H,28,32)(H,29,33). The molecular formula is C27H26N4O4. The molecule has 178 valence electrons. The minimum Gasteiger partial charge on any atom is -0.496 e. The molecule has 0 fully saturated rings. The quantitative estimate of drug-likeness (QED) is 0.398. The Hall–Kier alpha value is -4.59. The Morgan fingerprint density at radius 2 is 1.66 bits per heavy atom. The molecule has 0 aliphatic rings. The number of nitrogens with zero attached hydrogens (tertiary/aromatic N) is 2. The van der Waals surface area contributed by atoms with Crippen LogP contribution in [0.15, 0.2) is 79.0 Å². The summed E-state index contributed by atoms with van der Waals surface area (Å²) in [4.78, 5) is 25.4. The van der Waals surface area contributed by atoms with Gasteiger partial charge in [0.2, 0.25) is 0 Å². The Kier molecular flexibility index (Phi) is 7.11. The number of hydrazine groups is 1. The molecular weight excluding hydrogens is 444 g/mol. The second-order valence-electron chi connectivity index (χ2n) is 7.91. The van der Waals surface area contributed by atoms with Crippen LogP contribution in [0.2, 0.25) is 0 Å². The SMILES string of the molecule is COc1ccccc1-c1nn(-c2ccccc2)cc1C(=O)NNC(=O)COc1ccc(C)c(C)c1. The zero-order chi connectivity index (χ0) is 24.8. The minimum absolute atomic E-state index is 0.245. The Bertz CT molecular complexity index is 1350. The molecule has 0 unspecified atom stereocenters. The number of para-hydroxylation sites is 2. The number of aryl methyl sites for hydroxylation is 2. The Morgan fingerprint density at radius 1 is 0.914 bits per heavy atom. The van der Waals surface area contributed by atoms with Gasteiger partial charge in [0.1, 0.15) is 17.2 Å². The van der Waals surface area contributed by atoms with Gasteiger partial charge in [-0.05, 0) is 61.4 Å². The van der Waals surface area contributed by atoms with Crippen LogP contribution in [0.3, 0.4) is 0 Å². The fourth-order valence-electron chi connectivity index (χ4n) is 3.47. The average Bonchev–Trinajstić information content (AvgIpc) is 3.34. The van der Waals surface area contributed by atoms with Gasteiger partial charge < -0.3 is 9.47 Å². The van der Waals surface area contributed by atoms with E-state index in [1.165, 1.54) is 0 Å². The van der Waals surface area contributed by atoms with Crippen molar-refractivity contribution in [1.29, 1.82) is 0 Å². The molecule has 4 aromatic rings. The molecule has 3 aromatic carbocycles. The second kappa shape index (κ2) is 10.6. The van der Waals surface area contributed by atoms with Crippen LogP contribution in [0.1, 0.15) is 21.5 Å². The van der Waals surface area contributed by atoms with Crippen LogP contribution >= 0.6 is 0 Å². The van der Waals surface area contributed by atoms with Gasteiger partial charge in [-0.3, -0.25) is 20.4 Å². The van der Waals surface area contributed by atoms with Crippen LogP contribution < -0.4 is 20.3 Å². The number of amides is 2. The number of benzene rings is 3. The molecule has 8 heteroatoms. The van der Waals surface area contributed by atoms with Crippen molar-refractivity contribution in [2.24, 2.45) is 0 Å². The second-order valence-corrected chi connectivity index (χ2v) is 7.91. The number of methoxy groups -OCH3 is 1. The summed E-state index contributed by atoms with van der Waals surface area (Å²) in [5.74, 6) is 0.140. The molecule has 35 heavy (non-hydrogen) atoms. The molecule has 1 heterocycles. The van der Waals surface area contributed by atoms with Crippen LogP contribution in [-0.4, -0.2) is 35.3 Å². The zero-order valence-corrected chi connectivity index (χ0v) is 19.7. The lowest BCUT2D eigenvalue weighted by atomic mass is 10.1. The van der Waals surface area contributed by atoms with Gasteiger partial charge in [0.25, 0.3) is 11.8 Å². The number of carbonyl (C=O) groups excluding carboxylic acids is 2. The highest BCUT2D eigenvalue weighted by molar-refractivity contribution is 6.01. The third-order valence-electron chi connectivity index (χ3n) is 5.51. The fraction of sp³-hybridized carbons (Fsp3) is 0.148. The highest BCUT2D eigenvalue weighted by atomic mass is 16.5. The van der Waals surface area contributed by atoms with Crippen LogP contribution in [0.4, 0.5) is 0 Å². The van der Waals surface area contributed by atoms with Crippen LogP contribution in [0.25, 0.3) is 16.9 Å². The average molecular weight is 471 g/mol. The molecule has 0 saturated carbocycles. The molecule has 0 aliphatic heterocycles. The number of hydrogen-bond acceptors (Lipinski definition) is 5. The Labute approximate surface area is 203 Å². The van der Waals surface area contributed by atoms with E-state index in [9.17, 15) is 9.59 Å². The lowest BCUT2D eigenvalue weighted by Crippen LogP contribution is -2.43. The lowest BCUT2D eigenvalue weighted by molar-refractivity contribution is -0.123. The van der Waals surface area contributed by atoms with E-state index in [1.54, 1.807) is 30.1 Å². The van der Waals surface area contributed by atoms with E-state index in [-0.39, 0.29) is 12.2 Å². The van der Waals surface area contributed by atoms with Gasteiger partial charge in [-0.2, -0.15) is 5.10 Å². The van der Waals surface area contributed by atoms with Crippen molar-refractivity contribution in [1.82, 2.24) is 20.6 Å². The summed E-state index contributed by atoms with van der Waals surface area (Å²) in [5.41, 5.74) is 9.19. The third-order valence-corrected chi connectivity index (χ3v) is 5.51. The topological polar surface area (TPSA) is 94.5 Å². The van der Waals surface area contributed by atoms with Gasteiger partial charge in [0.15, 0.2) is 6.61 Å². The number of rotatable bonds is 7. The van der Waals surface area contributed by atoms with E-state index in [4.69, 9.17) is 9.47 Å². The van der Waals surface area contributed by atoms with Gasteiger partial charge in [-0.15, -0.1) is 0 Å². The summed E-state index contributed by atoms with van der Waals surface area (Å²) in [6, 6.07) is 22.3. The first-order valence-electron chi connectivity index (χ1n) is 11.0. The summed E-state index contributed by atoms with van der Waals surface area (Å²) in [5, 5.41) is 4.64. The predicted molar refractivity (Wildman–Crippen MR) is 133 cm³/mol. The first kappa shape index (κ1) is 23.6. The van der Waals surface area contributed by atoms with Crippen molar-refractivity contribution in [2.75, 3.05) is 13.7 Å². The van der Waals surface area contributed by atoms with Gasteiger partial charge in [0, 0.05) is 11.8 Å². The van der Waals surface area contributed by atoms with Crippen molar-refractivity contribution >= 4 is 11.8 Å². The number of ether oxygens (including phenoxy) is 2. The third kappa shape index (κ3) is 5.50. The van der Waals surface area contributed by atoms with Crippen LogP contribution in [0.5, 0.6) is 11.5 Å². The molecule has 2 N–H and O–H groups in total. The first-order valence-corrected chi connectivity index (χ1v) is 11.0. The van der Waals surface area contributed by atoms with Gasteiger partial charge in [-0.25, -0.2) is 4.68 Å². The molecule has 8 nitrogen and oxygen atoms in total. The normalized spacial score (nSPS) is 10.5. The van der Waals surface area contributed by atoms with E-state index in [1.807, 2.05) is 74.5 Å². The van der Waals surface area contributed by atoms with E-state index in [0.717, 1.165) is 16.8 Å². The van der Waals surface area contributed by atoms with Crippen molar-refractivity contribution in [3.63, 3.8) is 0 Å². The molecule has 0 saturated heterocycles. The number of aromatic nitrogens is 2. The van der Waals surface area contributed by atoms with Crippen molar-refractivity contribution in [3.8, 4) is 28.4 Å². The molecule has 4 rings (SSSR count). The van der Waals surface area contributed by atoms with E-state index < -0.39 is 11.8 Å². The van der Waals surface area contributed by atoms with Crippen molar-refractivity contribution < 1.29 is 19.1 Å². The van der Waals surface area contributed by atoms with Crippen molar-refractivity contribution in [3.05, 3.63) is 95.7 Å². The fourth-order valence-corrected chi connectivity index (χ4v) is 3.47. The van der Waals surface area contributed by atoms with Crippen LogP contribution in [0, 0.1) is 13.8 Å². The summed E-state index contributed by atoms with van der Waals surface area (Å²) >= 11 is 0. The van der Waals surface area contributed by atoms with E-state index in [2.05, 4.69) is 16.0 Å². The zero-order valence-electron chi connectivity index (χ0n) is 19.7. The first-order chi connectivity index (χ1) is 17.0. The molecule has 1 aromatic heterocycles. The monoisotopic (exact) mass is 470 g/mol. The van der Waals surface area contributed by atoms with Gasteiger partial charge in [-0.1, -0.05) is 36.4 Å². The summed E-state index contributed by atoms with van der Waals surface area (Å²) in [6.45, 7) is 3.73. The molecule has 0 spiro atoms. The minimum atomic E-state index is -0.521. The summed E-state index contributed by atoms with van der Waals surface area (Å²) < 4.78 is 12.6. The van der Waals surface area contributed by atoms with Gasteiger partial charge >= 0.3 is 0 Å². The highest BCUT2D eigenvalue weighted by Gasteiger charge is 2.21. The Morgan fingerprint density at radius 3 is 2.40 bits per heavy atom. The van der Waals surface area contributed by atoms with Gasteiger partial charge in [0.05, 0.1) is 18.4 Å². The molecule has 0 radical (unpaired) electrons. The van der Waals surface area contributed by atoms with Crippen LogP contribution in [-0.2, 0) is 4.79 Å². The smallest absolute Gasteiger partial charge is 0.276 e. The largest absolute Gasteiger partial charge is 0.496 e. The summed E-state index contributed by atoms with van der Waals surface area (Å²) in [7, 11) is 1.56. The maximum Gasteiger partial charge on any atom is 0.276 e. The predicted octanol–water partition coefficient (Wildman–Crippen LogP) is 4.00. The maximum absolute atomic E-state index is 13.1. The molecule has 0 aliphatic carbocycles.